The first-order chi connectivity index (χ1) is 5.27. The van der Waals surface area contributed by atoms with Crippen molar-refractivity contribution in [2.75, 3.05) is 14.2 Å². The Labute approximate surface area is 66.7 Å². The highest BCUT2D eigenvalue weighted by atomic mass is 16.5. The first-order valence-electron chi connectivity index (χ1n) is 3.88. The summed E-state index contributed by atoms with van der Waals surface area (Å²) in [5.74, 6) is -0.0190. The van der Waals surface area contributed by atoms with Crippen LogP contribution < -0.4 is 0 Å². The molecule has 3 nitrogen and oxygen atoms in total. The van der Waals surface area contributed by atoms with E-state index in [-0.39, 0.29) is 18.0 Å². The van der Waals surface area contributed by atoms with Crippen LogP contribution >= 0.6 is 0 Å². The van der Waals surface area contributed by atoms with Crippen LogP contribution in [-0.4, -0.2) is 26.3 Å². The Kier molecular flexibility index (Phi) is 2.88. The molecule has 0 radical (unpaired) electrons. The lowest BCUT2D eigenvalue weighted by Crippen LogP contribution is -2.14. The minimum absolute atomic E-state index is 0.0740. The number of esters is 1. The average Bonchev–Trinajstić information content (AvgIpc) is 2.50. The van der Waals surface area contributed by atoms with Gasteiger partial charge < -0.3 is 9.47 Å². The number of rotatable bonds is 2. The third-order valence-corrected chi connectivity index (χ3v) is 2.25. The molecule has 1 saturated carbocycles. The minimum atomic E-state index is -0.0930. The average molecular weight is 158 g/mol. The molecule has 0 bridgehead atoms. The maximum Gasteiger partial charge on any atom is 0.308 e. The fraction of sp³-hybridized carbons (Fsp3) is 0.875. The highest BCUT2D eigenvalue weighted by Crippen LogP contribution is 2.27. The predicted octanol–water partition coefficient (Wildman–Crippen LogP) is 0.974. The van der Waals surface area contributed by atoms with Gasteiger partial charge in [0, 0.05) is 7.11 Å². The Balaban J connectivity index is 2.35. The van der Waals surface area contributed by atoms with Crippen molar-refractivity contribution < 1.29 is 14.3 Å². The molecule has 1 fully saturated rings. The van der Waals surface area contributed by atoms with Gasteiger partial charge in [-0.05, 0) is 19.3 Å². The lowest BCUT2D eigenvalue weighted by Gasteiger charge is -2.07. The van der Waals surface area contributed by atoms with Crippen molar-refractivity contribution in [1.82, 2.24) is 0 Å². The van der Waals surface area contributed by atoms with E-state index in [9.17, 15) is 4.79 Å². The van der Waals surface area contributed by atoms with Gasteiger partial charge in [-0.3, -0.25) is 4.79 Å². The van der Waals surface area contributed by atoms with E-state index in [0.29, 0.717) is 0 Å². The molecule has 1 rings (SSSR count). The van der Waals surface area contributed by atoms with Crippen molar-refractivity contribution in [3.8, 4) is 0 Å². The van der Waals surface area contributed by atoms with Gasteiger partial charge in [0.2, 0.25) is 0 Å². The van der Waals surface area contributed by atoms with E-state index in [0.717, 1.165) is 19.3 Å². The van der Waals surface area contributed by atoms with E-state index in [2.05, 4.69) is 4.74 Å². The van der Waals surface area contributed by atoms with Crippen LogP contribution in [0.5, 0.6) is 0 Å². The third kappa shape index (κ3) is 1.93. The molecule has 64 valence electrons. The van der Waals surface area contributed by atoms with E-state index in [4.69, 9.17) is 4.74 Å². The highest BCUT2D eigenvalue weighted by Gasteiger charge is 2.30. The first-order valence-corrected chi connectivity index (χ1v) is 3.88. The lowest BCUT2D eigenvalue weighted by molar-refractivity contribution is -0.145. The van der Waals surface area contributed by atoms with Gasteiger partial charge in [-0.2, -0.15) is 0 Å². The van der Waals surface area contributed by atoms with Crippen LogP contribution in [0.25, 0.3) is 0 Å². The molecular formula is C8H14O3. The van der Waals surface area contributed by atoms with E-state index < -0.39 is 0 Å². The second-order valence-corrected chi connectivity index (χ2v) is 2.89. The van der Waals surface area contributed by atoms with Gasteiger partial charge >= 0.3 is 5.97 Å². The summed E-state index contributed by atoms with van der Waals surface area (Å²) in [7, 11) is 3.12. The number of methoxy groups -OCH3 is 2. The quantitative estimate of drug-likeness (QED) is 0.562. The fourth-order valence-electron chi connectivity index (χ4n) is 1.53. The fourth-order valence-corrected chi connectivity index (χ4v) is 1.53. The Hall–Kier alpha value is -0.570. The summed E-state index contributed by atoms with van der Waals surface area (Å²) < 4.78 is 9.76. The van der Waals surface area contributed by atoms with Crippen LogP contribution in [0, 0.1) is 5.92 Å². The maximum atomic E-state index is 11.0. The van der Waals surface area contributed by atoms with Gasteiger partial charge in [0.25, 0.3) is 0 Å². The molecule has 0 spiro atoms. The summed E-state index contributed by atoms with van der Waals surface area (Å²) in [4.78, 5) is 11.0. The smallest absolute Gasteiger partial charge is 0.308 e. The molecule has 0 N–H and O–H groups in total. The van der Waals surface area contributed by atoms with Crippen LogP contribution in [0.2, 0.25) is 0 Å². The lowest BCUT2D eigenvalue weighted by atomic mass is 10.1. The summed E-state index contributed by atoms with van der Waals surface area (Å²) in [5, 5.41) is 0. The van der Waals surface area contributed by atoms with E-state index in [1.807, 2.05) is 0 Å². The molecule has 0 aromatic heterocycles. The van der Waals surface area contributed by atoms with Crippen LogP contribution in [0.4, 0.5) is 0 Å². The summed E-state index contributed by atoms with van der Waals surface area (Å²) >= 11 is 0. The standard InChI is InChI=1S/C8H14O3/c1-10-7-4-3-6(5-7)8(9)11-2/h6-7H,3-5H2,1-2H3/t6-,7+/m0/s1. The molecule has 0 aromatic carbocycles. The SMILES string of the molecule is COC(=O)[C@H]1CC[C@@H](OC)C1. The zero-order valence-electron chi connectivity index (χ0n) is 7.00. The van der Waals surface area contributed by atoms with Crippen molar-refractivity contribution in [2.45, 2.75) is 25.4 Å². The first kappa shape index (κ1) is 8.53. The Morgan fingerprint density at radius 2 is 2.09 bits per heavy atom. The summed E-state index contributed by atoms with van der Waals surface area (Å²) in [5.41, 5.74) is 0. The van der Waals surface area contributed by atoms with Gasteiger partial charge in [-0.15, -0.1) is 0 Å². The summed E-state index contributed by atoms with van der Waals surface area (Å²) in [6.45, 7) is 0. The number of hydrogen-bond acceptors (Lipinski definition) is 3. The largest absolute Gasteiger partial charge is 0.469 e. The van der Waals surface area contributed by atoms with Crippen molar-refractivity contribution in [2.24, 2.45) is 5.92 Å². The van der Waals surface area contributed by atoms with Gasteiger partial charge in [-0.25, -0.2) is 0 Å². The van der Waals surface area contributed by atoms with Crippen LogP contribution in [0.3, 0.4) is 0 Å². The predicted molar refractivity (Wildman–Crippen MR) is 40.2 cm³/mol. The molecule has 0 aliphatic heterocycles. The van der Waals surface area contributed by atoms with E-state index >= 15 is 0 Å². The van der Waals surface area contributed by atoms with Crippen molar-refractivity contribution in [3.05, 3.63) is 0 Å². The molecular weight excluding hydrogens is 144 g/mol. The minimum Gasteiger partial charge on any atom is -0.469 e. The zero-order chi connectivity index (χ0) is 8.27. The van der Waals surface area contributed by atoms with Crippen LogP contribution in [0.15, 0.2) is 0 Å². The molecule has 2 atom stereocenters. The molecule has 0 aromatic rings. The number of carbonyl (C=O) groups is 1. The zero-order valence-corrected chi connectivity index (χ0v) is 7.00. The van der Waals surface area contributed by atoms with Crippen molar-refractivity contribution in [3.63, 3.8) is 0 Å². The molecule has 0 saturated heterocycles. The van der Waals surface area contributed by atoms with E-state index in [1.54, 1.807) is 7.11 Å². The van der Waals surface area contributed by atoms with Crippen molar-refractivity contribution >= 4 is 5.97 Å². The van der Waals surface area contributed by atoms with Gasteiger partial charge in [0.1, 0.15) is 0 Å². The Morgan fingerprint density at radius 3 is 2.55 bits per heavy atom. The second kappa shape index (κ2) is 3.72. The number of ether oxygens (including phenoxy) is 2. The number of hydrogen-bond donors (Lipinski definition) is 0. The van der Waals surface area contributed by atoms with E-state index in [1.165, 1.54) is 7.11 Å². The number of carbonyl (C=O) groups excluding carboxylic acids is 1. The highest BCUT2D eigenvalue weighted by molar-refractivity contribution is 5.72. The third-order valence-electron chi connectivity index (χ3n) is 2.25. The topological polar surface area (TPSA) is 35.5 Å². The van der Waals surface area contributed by atoms with Gasteiger partial charge in [0.05, 0.1) is 19.1 Å². The molecule has 0 heterocycles. The second-order valence-electron chi connectivity index (χ2n) is 2.89. The molecule has 11 heavy (non-hydrogen) atoms. The Morgan fingerprint density at radius 1 is 1.36 bits per heavy atom. The maximum absolute atomic E-state index is 11.0. The molecule has 0 amide bonds. The Bertz CT molecular complexity index is 144. The summed E-state index contributed by atoms with van der Waals surface area (Å²) in [6.07, 6.45) is 2.98. The van der Waals surface area contributed by atoms with Gasteiger partial charge in [0.15, 0.2) is 0 Å². The molecule has 1 aliphatic rings. The molecule has 0 unspecified atom stereocenters. The van der Waals surface area contributed by atoms with Crippen molar-refractivity contribution in [1.29, 1.82) is 0 Å². The monoisotopic (exact) mass is 158 g/mol. The van der Waals surface area contributed by atoms with Gasteiger partial charge in [-0.1, -0.05) is 0 Å². The van der Waals surface area contributed by atoms with Crippen LogP contribution in [0.1, 0.15) is 19.3 Å². The molecule has 3 heteroatoms. The van der Waals surface area contributed by atoms with Crippen LogP contribution in [-0.2, 0) is 14.3 Å². The molecule has 1 aliphatic carbocycles. The summed E-state index contributed by atoms with van der Waals surface area (Å²) in [6, 6.07) is 0. The normalized spacial score (nSPS) is 30.4.